The van der Waals surface area contributed by atoms with Gasteiger partial charge in [-0.1, -0.05) is 17.8 Å². The Morgan fingerprint density at radius 2 is 2.57 bits per heavy atom. The molecule has 0 radical (unpaired) electrons. The van der Waals surface area contributed by atoms with Gasteiger partial charge in [0.15, 0.2) is 0 Å². The van der Waals surface area contributed by atoms with E-state index in [4.69, 9.17) is 0 Å². The molecule has 1 aromatic rings. The summed E-state index contributed by atoms with van der Waals surface area (Å²) in [6.07, 6.45) is 3.18. The molecule has 1 saturated heterocycles. The summed E-state index contributed by atoms with van der Waals surface area (Å²) in [5, 5.41) is 13.9. The number of amides is 1. The largest absolute Gasteiger partial charge is 0.306 e. The van der Waals surface area contributed by atoms with Crippen LogP contribution < -0.4 is 10.6 Å². The number of carbonyl (C=O) groups is 1. The molecular weight excluding hydrogens is 200 g/mol. The third kappa shape index (κ3) is 2.27. The van der Waals surface area contributed by atoms with Gasteiger partial charge in [-0.15, -0.1) is 10.2 Å². The number of carbonyl (C=O) groups excluding carboxylic acids is 1. The lowest BCUT2D eigenvalue weighted by atomic mass is 10.0. The SMILES string of the molecule is O=C(Nc1nncs1)C1CCCCN1. The summed E-state index contributed by atoms with van der Waals surface area (Å²) in [4.78, 5) is 11.6. The van der Waals surface area contributed by atoms with Gasteiger partial charge in [0.25, 0.3) is 0 Å². The molecule has 2 rings (SSSR count). The molecule has 1 amide bonds. The minimum absolute atomic E-state index is 0.00134. The zero-order chi connectivity index (χ0) is 9.80. The quantitative estimate of drug-likeness (QED) is 0.754. The third-order valence-electron chi connectivity index (χ3n) is 2.22. The van der Waals surface area contributed by atoms with Gasteiger partial charge in [0.2, 0.25) is 11.0 Å². The van der Waals surface area contributed by atoms with Crippen molar-refractivity contribution < 1.29 is 4.79 Å². The predicted octanol–water partition coefficient (Wildman–Crippen LogP) is 0.619. The first kappa shape index (κ1) is 9.54. The average Bonchev–Trinajstić information content (AvgIpc) is 2.72. The fraction of sp³-hybridized carbons (Fsp3) is 0.625. The second-order valence-electron chi connectivity index (χ2n) is 3.24. The van der Waals surface area contributed by atoms with E-state index in [0.717, 1.165) is 25.8 Å². The minimum atomic E-state index is -0.0624. The Morgan fingerprint density at radius 1 is 1.64 bits per heavy atom. The van der Waals surface area contributed by atoms with Gasteiger partial charge in [-0.3, -0.25) is 10.1 Å². The van der Waals surface area contributed by atoms with E-state index in [1.165, 1.54) is 11.3 Å². The summed E-state index contributed by atoms with van der Waals surface area (Å²) < 4.78 is 0. The first-order chi connectivity index (χ1) is 6.86. The molecule has 1 atom stereocenters. The molecule has 0 spiro atoms. The van der Waals surface area contributed by atoms with E-state index in [2.05, 4.69) is 20.8 Å². The molecule has 2 heterocycles. The summed E-state index contributed by atoms with van der Waals surface area (Å²) in [5.41, 5.74) is 1.60. The Morgan fingerprint density at radius 3 is 3.21 bits per heavy atom. The molecule has 0 aliphatic carbocycles. The van der Waals surface area contributed by atoms with Crippen LogP contribution in [0.2, 0.25) is 0 Å². The van der Waals surface area contributed by atoms with Gasteiger partial charge in [-0.25, -0.2) is 0 Å². The Hall–Kier alpha value is -1.01. The van der Waals surface area contributed by atoms with Gasteiger partial charge in [0.05, 0.1) is 6.04 Å². The van der Waals surface area contributed by atoms with Gasteiger partial charge in [-0.05, 0) is 19.4 Å². The van der Waals surface area contributed by atoms with Crippen molar-refractivity contribution in [3.8, 4) is 0 Å². The smallest absolute Gasteiger partial charge is 0.243 e. The summed E-state index contributed by atoms with van der Waals surface area (Å²) in [6, 6.07) is -0.0624. The van der Waals surface area contributed by atoms with Crippen LogP contribution in [0.1, 0.15) is 19.3 Å². The highest BCUT2D eigenvalue weighted by atomic mass is 32.1. The minimum Gasteiger partial charge on any atom is -0.306 e. The van der Waals surface area contributed by atoms with Crippen molar-refractivity contribution in [2.75, 3.05) is 11.9 Å². The van der Waals surface area contributed by atoms with E-state index >= 15 is 0 Å². The summed E-state index contributed by atoms with van der Waals surface area (Å²) in [7, 11) is 0. The highest BCUT2D eigenvalue weighted by molar-refractivity contribution is 7.13. The molecule has 0 saturated carbocycles. The van der Waals surface area contributed by atoms with Gasteiger partial charge in [0, 0.05) is 0 Å². The molecule has 2 N–H and O–H groups in total. The topological polar surface area (TPSA) is 66.9 Å². The van der Waals surface area contributed by atoms with Crippen LogP contribution >= 0.6 is 11.3 Å². The van der Waals surface area contributed by atoms with Crippen LogP contribution in [0.25, 0.3) is 0 Å². The van der Waals surface area contributed by atoms with E-state index in [0.29, 0.717) is 5.13 Å². The Balaban J connectivity index is 1.88. The molecule has 1 aliphatic rings. The van der Waals surface area contributed by atoms with E-state index in [1.54, 1.807) is 5.51 Å². The maximum absolute atomic E-state index is 11.6. The number of nitrogens with one attached hydrogen (secondary N) is 2. The number of piperidine rings is 1. The van der Waals surface area contributed by atoms with Gasteiger partial charge in [-0.2, -0.15) is 0 Å². The van der Waals surface area contributed by atoms with Crippen molar-refractivity contribution in [3.05, 3.63) is 5.51 Å². The molecule has 1 aromatic heterocycles. The number of anilines is 1. The van der Waals surface area contributed by atoms with Gasteiger partial charge < -0.3 is 5.32 Å². The normalized spacial score (nSPS) is 21.9. The zero-order valence-corrected chi connectivity index (χ0v) is 8.51. The van der Waals surface area contributed by atoms with Crippen molar-refractivity contribution >= 4 is 22.4 Å². The first-order valence-electron chi connectivity index (χ1n) is 4.66. The highest BCUT2D eigenvalue weighted by Crippen LogP contribution is 2.12. The Bertz CT molecular complexity index is 294. The van der Waals surface area contributed by atoms with E-state index in [1.807, 2.05) is 0 Å². The van der Waals surface area contributed by atoms with Gasteiger partial charge >= 0.3 is 0 Å². The number of rotatable bonds is 2. The lowest BCUT2D eigenvalue weighted by Crippen LogP contribution is -2.43. The standard InChI is InChI=1S/C8H12N4OS/c13-7(6-3-1-2-4-9-6)11-8-12-10-5-14-8/h5-6,9H,1-4H2,(H,11,12,13). The number of hydrogen-bond acceptors (Lipinski definition) is 5. The first-order valence-corrected chi connectivity index (χ1v) is 5.54. The summed E-state index contributed by atoms with van der Waals surface area (Å²) in [6.45, 7) is 0.925. The molecule has 76 valence electrons. The molecule has 0 bridgehead atoms. The molecule has 6 heteroatoms. The van der Waals surface area contributed by atoms with E-state index < -0.39 is 0 Å². The fourth-order valence-electron chi connectivity index (χ4n) is 1.50. The monoisotopic (exact) mass is 212 g/mol. The Kier molecular flexibility index (Phi) is 3.05. The van der Waals surface area contributed by atoms with Crippen molar-refractivity contribution in [1.82, 2.24) is 15.5 Å². The summed E-state index contributed by atoms with van der Waals surface area (Å²) in [5.74, 6) is 0.00134. The predicted molar refractivity (Wildman–Crippen MR) is 54.2 cm³/mol. The van der Waals surface area contributed by atoms with Crippen molar-refractivity contribution in [3.63, 3.8) is 0 Å². The summed E-state index contributed by atoms with van der Waals surface area (Å²) >= 11 is 1.33. The van der Waals surface area contributed by atoms with Crippen LogP contribution in [-0.2, 0) is 4.79 Å². The van der Waals surface area contributed by atoms with Crippen LogP contribution in [0, 0.1) is 0 Å². The maximum Gasteiger partial charge on any atom is 0.243 e. The van der Waals surface area contributed by atoms with Crippen LogP contribution in [0.5, 0.6) is 0 Å². The van der Waals surface area contributed by atoms with Crippen molar-refractivity contribution in [2.45, 2.75) is 25.3 Å². The van der Waals surface area contributed by atoms with Crippen molar-refractivity contribution in [1.29, 1.82) is 0 Å². The van der Waals surface area contributed by atoms with Crippen LogP contribution in [-0.4, -0.2) is 28.7 Å². The molecule has 0 aromatic carbocycles. The van der Waals surface area contributed by atoms with Crippen LogP contribution in [0.15, 0.2) is 5.51 Å². The number of nitrogens with zero attached hydrogens (tertiary/aromatic N) is 2. The van der Waals surface area contributed by atoms with Crippen LogP contribution in [0.3, 0.4) is 0 Å². The Labute approximate surface area is 85.9 Å². The molecule has 1 unspecified atom stereocenters. The molecule has 14 heavy (non-hydrogen) atoms. The molecular formula is C8H12N4OS. The lowest BCUT2D eigenvalue weighted by molar-refractivity contribution is -0.118. The zero-order valence-electron chi connectivity index (χ0n) is 7.69. The third-order valence-corrected chi connectivity index (χ3v) is 2.82. The van der Waals surface area contributed by atoms with E-state index in [9.17, 15) is 4.79 Å². The lowest BCUT2D eigenvalue weighted by Gasteiger charge is -2.21. The average molecular weight is 212 g/mol. The molecule has 1 aliphatic heterocycles. The highest BCUT2D eigenvalue weighted by Gasteiger charge is 2.20. The number of hydrogen-bond donors (Lipinski definition) is 2. The number of aromatic nitrogens is 2. The van der Waals surface area contributed by atoms with Gasteiger partial charge in [0.1, 0.15) is 5.51 Å². The fourth-order valence-corrected chi connectivity index (χ4v) is 1.94. The molecule has 5 nitrogen and oxygen atoms in total. The van der Waals surface area contributed by atoms with Crippen molar-refractivity contribution in [2.24, 2.45) is 0 Å². The maximum atomic E-state index is 11.6. The second-order valence-corrected chi connectivity index (χ2v) is 4.07. The van der Waals surface area contributed by atoms with Crippen LogP contribution in [0.4, 0.5) is 5.13 Å². The second kappa shape index (κ2) is 4.47. The molecule has 1 fully saturated rings. The van der Waals surface area contributed by atoms with E-state index in [-0.39, 0.29) is 11.9 Å².